The van der Waals surface area contributed by atoms with E-state index in [4.69, 9.17) is 28.0 Å². The third-order valence-corrected chi connectivity index (χ3v) is 12.9. The van der Waals surface area contributed by atoms with Gasteiger partial charge in [0.2, 0.25) is 0 Å². The summed E-state index contributed by atoms with van der Waals surface area (Å²) in [6, 6.07) is 0. The van der Waals surface area contributed by atoms with Crippen molar-refractivity contribution in [1.29, 1.82) is 0 Å². The first-order valence-corrected chi connectivity index (χ1v) is 27.2. The number of ether oxygens (including phenoxy) is 4. The second kappa shape index (κ2) is 43.4. The summed E-state index contributed by atoms with van der Waals surface area (Å²) >= 11 is 0. The average Bonchev–Trinajstić information content (AvgIpc) is 3.26. The van der Waals surface area contributed by atoms with Gasteiger partial charge in [0.15, 0.2) is 12.4 Å². The van der Waals surface area contributed by atoms with Crippen LogP contribution in [0.4, 0.5) is 0 Å². The minimum atomic E-state index is -5.32. The summed E-state index contributed by atoms with van der Waals surface area (Å²) in [5.41, 5.74) is 0. The number of esters is 3. The fraction of sp³-hybridized carbons (Fsp3) is 0.939. The largest absolute Gasteiger partial charge is 1.00 e. The quantitative estimate of drug-likeness (QED) is 0.0177. The van der Waals surface area contributed by atoms with E-state index in [9.17, 15) is 39.2 Å². The predicted octanol–water partition coefficient (Wildman–Crippen LogP) is 7.62. The second-order valence-corrected chi connectivity index (χ2v) is 19.4. The van der Waals surface area contributed by atoms with Gasteiger partial charge >= 0.3 is 47.5 Å². The van der Waals surface area contributed by atoms with Gasteiger partial charge in [-0.05, 0) is 12.8 Å². The maximum atomic E-state index is 12.9. The number of hydrogen-bond acceptors (Lipinski definition) is 14. The zero-order chi connectivity index (χ0) is 47.1. The van der Waals surface area contributed by atoms with E-state index in [0.717, 1.165) is 45.4 Å². The summed E-state index contributed by atoms with van der Waals surface area (Å²) in [6.45, 7) is 3.85. The molecule has 7 atom stereocenters. The van der Waals surface area contributed by atoms with Crippen LogP contribution in [0.15, 0.2) is 0 Å². The van der Waals surface area contributed by atoms with Crippen molar-refractivity contribution >= 4 is 25.7 Å². The fourth-order valence-electron chi connectivity index (χ4n) is 7.93. The first-order chi connectivity index (χ1) is 30.9. The number of aliphatic hydroxyl groups is 3. The zero-order valence-electron chi connectivity index (χ0n) is 41.4. The van der Waals surface area contributed by atoms with Crippen molar-refractivity contribution in [3.05, 3.63) is 0 Å². The van der Waals surface area contributed by atoms with Gasteiger partial charge in [-0.15, -0.1) is 0 Å². The molecule has 1 aliphatic heterocycles. The van der Waals surface area contributed by atoms with E-state index < -0.39 is 82.4 Å². The van der Waals surface area contributed by atoms with E-state index in [1.807, 2.05) is 0 Å². The molecule has 378 valence electrons. The summed E-state index contributed by atoms with van der Waals surface area (Å²) in [5.74, 6) is -1.81. The number of hydrogen-bond donors (Lipinski definition) is 3. The molecule has 1 aliphatic rings. The Balaban J connectivity index is 0.0000410. The molecule has 0 radical (unpaired) electrons. The third-order valence-electron chi connectivity index (χ3n) is 12.0. The molecule has 3 N–H and O–H groups in total. The van der Waals surface area contributed by atoms with Gasteiger partial charge in [-0.25, -0.2) is 0 Å². The number of aliphatic hydroxyl groups excluding tert-OH is 3. The van der Waals surface area contributed by atoms with E-state index in [-0.39, 0.29) is 42.4 Å². The van der Waals surface area contributed by atoms with Crippen LogP contribution < -0.4 is 34.5 Å². The van der Waals surface area contributed by atoms with Crippen molar-refractivity contribution in [3.63, 3.8) is 0 Å². The van der Waals surface area contributed by atoms with Crippen molar-refractivity contribution in [3.8, 4) is 0 Å². The number of carbonyl (C=O) groups is 3. The Bertz CT molecular complexity index is 1200. The number of phosphoric acid groups is 1. The topological polar surface area (TPSA) is 207 Å². The van der Waals surface area contributed by atoms with Crippen LogP contribution >= 0.6 is 7.82 Å². The Morgan fingerprint density at radius 3 is 1.29 bits per heavy atom. The molecule has 0 spiro atoms. The summed E-state index contributed by atoms with van der Waals surface area (Å²) in [7, 11) is -5.32. The average molecular weight is 959 g/mol. The van der Waals surface area contributed by atoms with E-state index in [1.165, 1.54) is 154 Å². The molecule has 1 heterocycles. The Morgan fingerprint density at radius 1 is 0.538 bits per heavy atom. The number of carbonyl (C=O) groups excluding carboxylic acids is 3. The minimum Gasteiger partial charge on any atom is -0.756 e. The molecule has 1 rings (SSSR count). The van der Waals surface area contributed by atoms with Crippen LogP contribution in [0.5, 0.6) is 0 Å². The smallest absolute Gasteiger partial charge is 0.756 e. The molecule has 0 bridgehead atoms. The second-order valence-electron chi connectivity index (χ2n) is 18.1. The van der Waals surface area contributed by atoms with E-state index in [1.54, 1.807) is 0 Å². The molecule has 0 aromatic carbocycles. The Hall–Kier alpha value is -0.640. The molecule has 65 heavy (non-hydrogen) atoms. The monoisotopic (exact) mass is 959 g/mol. The predicted molar refractivity (Wildman–Crippen MR) is 247 cm³/mol. The van der Waals surface area contributed by atoms with Crippen molar-refractivity contribution < 1.29 is 96.7 Å². The van der Waals surface area contributed by atoms with E-state index in [2.05, 4.69) is 13.8 Å². The molecule has 16 heteroatoms. The molecular formula is C49H92NaO14P. The van der Waals surface area contributed by atoms with Crippen LogP contribution in [0, 0.1) is 0 Å². The van der Waals surface area contributed by atoms with Crippen molar-refractivity contribution in [2.45, 2.75) is 276 Å². The summed E-state index contributed by atoms with van der Waals surface area (Å²) in [6.07, 6.45) is 28.5. The Morgan fingerprint density at radius 2 is 0.908 bits per heavy atom. The number of rotatable bonds is 44. The van der Waals surface area contributed by atoms with Crippen LogP contribution in [0.1, 0.15) is 239 Å². The van der Waals surface area contributed by atoms with Crippen LogP contribution in [-0.2, 0) is 46.9 Å². The van der Waals surface area contributed by atoms with Gasteiger partial charge in [0.05, 0.1) is 6.61 Å². The van der Waals surface area contributed by atoms with Crippen molar-refractivity contribution in [1.82, 2.24) is 0 Å². The Kier molecular flexibility index (Phi) is 43.0. The first-order valence-electron chi connectivity index (χ1n) is 25.7. The standard InChI is InChI=1S/C49H93O14P.Na/c1-4-6-8-10-12-14-16-18-20-21-23-25-27-29-31-33-35-37-45(52)61-42(38-59-44(51)36-34-32-30-28-26-24-22-19-17-15-13-11-9-7-5-2)39-60-64(56,57)63-49-48(55)47(54)46(53)43(62-49)40-58-41(3)50;/h42-43,46-49,53-55H,4-40H2,1-3H3,(H,56,57);/q;+1/p-1/t42-,43?,46?,47?,48?,49?;/m1./s1. The molecule has 14 nitrogen and oxygen atoms in total. The van der Waals surface area contributed by atoms with Gasteiger partial charge in [0, 0.05) is 19.8 Å². The van der Waals surface area contributed by atoms with Gasteiger partial charge < -0.3 is 43.7 Å². The Labute approximate surface area is 416 Å². The SMILES string of the molecule is CCCCCCCCCCCCCCCCCCCC(=O)O[C@H](COC(=O)CCCCCCCCCCCCCCCCC)COP(=O)([O-])OC1OC(COC(C)=O)C(O)C(O)C1O.[Na+]. The molecule has 1 fully saturated rings. The van der Waals surface area contributed by atoms with Gasteiger partial charge in [-0.1, -0.05) is 206 Å². The van der Waals surface area contributed by atoms with Gasteiger partial charge in [-0.3, -0.25) is 23.5 Å². The van der Waals surface area contributed by atoms with Gasteiger partial charge in [0.1, 0.15) is 37.6 Å². The molecular weight excluding hydrogens is 866 g/mol. The fourth-order valence-corrected chi connectivity index (χ4v) is 8.77. The molecule has 0 amide bonds. The number of unbranched alkanes of at least 4 members (excludes halogenated alkanes) is 30. The maximum Gasteiger partial charge on any atom is 1.00 e. The van der Waals surface area contributed by atoms with Crippen LogP contribution in [0.3, 0.4) is 0 Å². The van der Waals surface area contributed by atoms with E-state index in [0.29, 0.717) is 12.8 Å². The zero-order valence-corrected chi connectivity index (χ0v) is 44.3. The molecule has 1 saturated heterocycles. The maximum absolute atomic E-state index is 12.9. The molecule has 0 aliphatic carbocycles. The first kappa shape index (κ1) is 64.4. The van der Waals surface area contributed by atoms with Crippen molar-refractivity contribution in [2.24, 2.45) is 0 Å². The normalized spacial score (nSPS) is 19.8. The molecule has 0 saturated carbocycles. The van der Waals surface area contributed by atoms with Crippen molar-refractivity contribution in [2.75, 3.05) is 19.8 Å². The molecule has 0 aromatic rings. The van der Waals surface area contributed by atoms with E-state index >= 15 is 0 Å². The summed E-state index contributed by atoms with van der Waals surface area (Å²) in [4.78, 5) is 49.6. The summed E-state index contributed by atoms with van der Waals surface area (Å²) in [5, 5.41) is 30.8. The molecule has 0 aromatic heterocycles. The van der Waals surface area contributed by atoms with Crippen LogP contribution in [0.2, 0.25) is 0 Å². The minimum absolute atomic E-state index is 0. The van der Waals surface area contributed by atoms with Gasteiger partial charge in [-0.2, -0.15) is 0 Å². The van der Waals surface area contributed by atoms with Gasteiger partial charge in [0.25, 0.3) is 7.82 Å². The summed E-state index contributed by atoms with van der Waals surface area (Å²) < 4.78 is 43.7. The van der Waals surface area contributed by atoms with Crippen LogP contribution in [0.25, 0.3) is 0 Å². The third kappa shape index (κ3) is 36.9. The number of phosphoric ester groups is 1. The van der Waals surface area contributed by atoms with Crippen LogP contribution in [-0.4, -0.2) is 89.9 Å². The molecule has 6 unspecified atom stereocenters.